The van der Waals surface area contributed by atoms with Gasteiger partial charge in [0.2, 0.25) is 10.0 Å². The van der Waals surface area contributed by atoms with Crippen LogP contribution in [0.2, 0.25) is 0 Å². The number of rotatable bonds is 14. The Labute approximate surface area is 696 Å². The topological polar surface area (TPSA) is 220 Å². The quantitative estimate of drug-likeness (QED) is 0.103. The first-order valence-corrected chi connectivity index (χ1v) is 42.1. The molecule has 0 bridgehead atoms. The summed E-state index contributed by atoms with van der Waals surface area (Å²) in [6.07, 6.45) is 3.86. The number of hydrogen-bond donors (Lipinski definition) is 2. The van der Waals surface area contributed by atoms with Gasteiger partial charge in [0.15, 0.2) is 0 Å². The summed E-state index contributed by atoms with van der Waals surface area (Å²) in [4.78, 5) is 46.3. The SMILES string of the molecule is COc1ccc(-c2nc3c(c4c2C[C@H](c2ccccc2)OC4)CN(C(=O)N[C@H](C)c2ccccc2)CC3)c(C)c1.COc1ccc(NC(=O)N2CCc3nc(-c4ccc(OC)cc4C)c4c(c3C2)CO[C@@H](c2ccccc2)C4)cc1.Cc1ccc(-c2nc3c(c4c2C[C@H](c2ccccc2)OC4)CN(S(=O)(=O)c2ccc(C#N)cc2)CC3)c(C)c1. The number of anilines is 1. The van der Waals surface area contributed by atoms with E-state index in [2.05, 4.69) is 129 Å². The summed E-state index contributed by atoms with van der Waals surface area (Å²) in [5, 5.41) is 15.3. The number of nitriles is 1. The highest BCUT2D eigenvalue weighted by Gasteiger charge is 2.38. The molecule has 119 heavy (non-hydrogen) atoms. The van der Waals surface area contributed by atoms with Crippen LogP contribution in [0.1, 0.15) is 149 Å². The normalized spacial score (nSPS) is 16.7. The van der Waals surface area contributed by atoms with Gasteiger partial charge in [-0.15, -0.1) is 0 Å². The molecule has 18 rings (SSSR count). The number of ether oxygens (including phenoxy) is 6. The summed E-state index contributed by atoms with van der Waals surface area (Å²) in [6, 6.07) is 75.1. The van der Waals surface area contributed by atoms with E-state index in [0.717, 1.165) is 148 Å². The van der Waals surface area contributed by atoms with Gasteiger partial charge in [-0.1, -0.05) is 145 Å². The number of carbonyl (C=O) groups is 2. The Hall–Kier alpha value is -12.4. The number of methoxy groups -OCH3 is 3. The molecule has 0 unspecified atom stereocenters. The van der Waals surface area contributed by atoms with Crippen LogP contribution in [0.15, 0.2) is 229 Å². The molecule has 0 aliphatic carbocycles. The number of nitrogens with zero attached hydrogens (tertiary/aromatic N) is 7. The lowest BCUT2D eigenvalue weighted by atomic mass is 9.86. The van der Waals surface area contributed by atoms with Crippen molar-refractivity contribution in [1.29, 1.82) is 5.26 Å². The minimum absolute atomic E-state index is 0.0411. The number of fused-ring (bicyclic) bond motifs is 9. The molecular weight excluding hydrogens is 1510 g/mol. The first kappa shape index (κ1) is 80.4. The van der Waals surface area contributed by atoms with Crippen LogP contribution in [-0.4, -0.2) is 90.5 Å². The molecule has 0 fully saturated rings. The van der Waals surface area contributed by atoms with Gasteiger partial charge in [0.25, 0.3) is 0 Å². The zero-order valence-corrected chi connectivity index (χ0v) is 69.2. The van der Waals surface area contributed by atoms with Gasteiger partial charge >= 0.3 is 12.1 Å². The Morgan fingerprint density at radius 2 is 0.849 bits per heavy atom. The molecule has 6 aliphatic heterocycles. The largest absolute Gasteiger partial charge is 0.497 e. The van der Waals surface area contributed by atoms with Gasteiger partial charge < -0.3 is 48.9 Å². The Balaban J connectivity index is 0.000000133. The first-order chi connectivity index (χ1) is 57.9. The van der Waals surface area contributed by atoms with Gasteiger partial charge in [-0.05, 0) is 209 Å². The van der Waals surface area contributed by atoms with Crippen LogP contribution in [0.4, 0.5) is 15.3 Å². The van der Waals surface area contributed by atoms with Crippen LogP contribution < -0.4 is 24.8 Å². The van der Waals surface area contributed by atoms with E-state index in [1.807, 2.05) is 132 Å². The van der Waals surface area contributed by atoms with E-state index in [0.29, 0.717) is 83.8 Å². The van der Waals surface area contributed by atoms with Crippen LogP contribution in [0, 0.1) is 39.0 Å². The number of aromatic nitrogens is 3. The molecule has 20 heteroatoms. The zero-order chi connectivity index (χ0) is 82.4. The van der Waals surface area contributed by atoms with E-state index < -0.39 is 10.0 Å². The molecule has 0 radical (unpaired) electrons. The minimum atomic E-state index is -3.73. The second kappa shape index (κ2) is 35.5. The van der Waals surface area contributed by atoms with Gasteiger partial charge in [0.1, 0.15) is 17.2 Å². The van der Waals surface area contributed by atoms with Gasteiger partial charge in [-0.2, -0.15) is 9.57 Å². The average Bonchev–Trinajstić information content (AvgIpc) is 0.753. The number of hydrogen-bond acceptors (Lipinski definition) is 14. The Morgan fingerprint density at radius 3 is 1.27 bits per heavy atom. The number of nitrogens with one attached hydrogen (secondary N) is 2. The van der Waals surface area contributed by atoms with Crippen molar-refractivity contribution in [2.24, 2.45) is 0 Å². The molecule has 4 amide bonds. The van der Waals surface area contributed by atoms with Crippen molar-refractivity contribution in [3.8, 4) is 57.1 Å². The van der Waals surface area contributed by atoms with Crippen molar-refractivity contribution in [1.82, 2.24) is 34.4 Å². The van der Waals surface area contributed by atoms with E-state index in [-0.39, 0.29) is 47.9 Å². The van der Waals surface area contributed by atoms with Crippen molar-refractivity contribution in [2.75, 3.05) is 46.3 Å². The highest BCUT2D eigenvalue weighted by atomic mass is 32.2. The third-order valence-corrected chi connectivity index (χ3v) is 25.7. The van der Waals surface area contributed by atoms with Crippen molar-refractivity contribution >= 4 is 27.8 Å². The average molecular weight is 1600 g/mol. The summed E-state index contributed by atoms with van der Waals surface area (Å²) >= 11 is 0. The summed E-state index contributed by atoms with van der Waals surface area (Å²) in [7, 11) is 1.28. The zero-order valence-electron chi connectivity index (χ0n) is 68.4. The molecule has 2 N–H and O–H groups in total. The fourth-order valence-corrected chi connectivity index (χ4v) is 18.7. The van der Waals surface area contributed by atoms with Crippen LogP contribution in [-0.2, 0) is 102 Å². The number of sulfonamides is 1. The maximum atomic E-state index is 13.6. The molecule has 9 heterocycles. The molecule has 0 saturated carbocycles. The predicted molar refractivity (Wildman–Crippen MR) is 460 cm³/mol. The summed E-state index contributed by atoms with van der Waals surface area (Å²) in [6.45, 7) is 14.7. The monoisotopic (exact) mass is 1600 g/mol. The van der Waals surface area contributed by atoms with Crippen molar-refractivity contribution in [3.63, 3.8) is 0 Å². The van der Waals surface area contributed by atoms with Gasteiger partial charge in [-0.25, -0.2) is 18.0 Å². The molecular formula is C99H97N9O10S. The van der Waals surface area contributed by atoms with Gasteiger partial charge in [-0.3, -0.25) is 15.0 Å². The molecule has 4 atom stereocenters. The summed E-state index contributed by atoms with van der Waals surface area (Å²) in [5.41, 5.74) is 29.8. The van der Waals surface area contributed by atoms with Crippen LogP contribution in [0.5, 0.6) is 17.2 Å². The standard InChI is InChI=1S/C34H35N3O3.C33H33N3O4.C32H29N3O3S/c1-22-18-26(39-3)14-15-27(22)33-28-19-32(25-12-8-5-9-13-25)40-21-30(28)29-20-37(17-16-31(29)36-33)34(38)35-23(2)24-10-6-4-7-11-24;1-21-17-25(39-3)13-14-26(21)32-27-18-31(22-7-5-4-6-8-22)40-20-29(27)28-19-36(16-15-30(28)35-32)33(37)34-23-9-11-24(38-2)12-10-23;1-21-8-13-26(22(2)16-21)32-27-17-31(24-6-4-3-5-7-24)38-20-29(27)28-19-35(15-14-30(28)34-32)39(36,37)25-11-9-23(18-33)10-12-25/h4-15,18,23,32H,16-17,19-21H2,1-3H3,(H,35,38);4-14,17,31H,15-16,18-20H2,1-3H3,(H,34,37);3-13,16,31H,14-15,17,19-20H2,1-2H3/t23-,32-;2*31-/m111/s1. The molecule has 3 aromatic heterocycles. The highest BCUT2D eigenvalue weighted by Crippen LogP contribution is 2.46. The van der Waals surface area contributed by atoms with E-state index in [1.54, 1.807) is 33.5 Å². The van der Waals surface area contributed by atoms with Crippen LogP contribution in [0.3, 0.4) is 0 Å². The predicted octanol–water partition coefficient (Wildman–Crippen LogP) is 19.0. The number of amides is 4. The van der Waals surface area contributed by atoms with E-state index in [1.165, 1.54) is 49.8 Å². The second-order valence-corrected chi connectivity index (χ2v) is 33.2. The Bertz CT molecular complexity index is 5910. The lowest BCUT2D eigenvalue weighted by molar-refractivity contribution is 0.0263. The molecule has 12 aromatic rings. The van der Waals surface area contributed by atoms with Crippen LogP contribution in [0.25, 0.3) is 33.8 Å². The first-order valence-electron chi connectivity index (χ1n) is 40.7. The Kier molecular flexibility index (Phi) is 24.0. The smallest absolute Gasteiger partial charge is 0.322 e. The molecule has 0 saturated heterocycles. The third kappa shape index (κ3) is 17.2. The van der Waals surface area contributed by atoms with Crippen molar-refractivity contribution < 1.29 is 46.4 Å². The molecule has 9 aromatic carbocycles. The minimum Gasteiger partial charge on any atom is -0.497 e. The maximum absolute atomic E-state index is 13.6. The van der Waals surface area contributed by atoms with Gasteiger partial charge in [0, 0.05) is 117 Å². The number of benzene rings is 9. The lowest BCUT2D eigenvalue weighted by Gasteiger charge is -2.35. The van der Waals surface area contributed by atoms with Crippen LogP contribution >= 0.6 is 0 Å². The number of urea groups is 2. The fourth-order valence-electron chi connectivity index (χ4n) is 17.3. The third-order valence-electron chi connectivity index (χ3n) is 23.9. The fraction of sp³-hybridized carbons (Fsp3) is 0.273. The highest BCUT2D eigenvalue weighted by molar-refractivity contribution is 7.89. The molecule has 604 valence electrons. The van der Waals surface area contributed by atoms with E-state index in [4.69, 9.17) is 48.6 Å². The van der Waals surface area contributed by atoms with E-state index in [9.17, 15) is 18.0 Å². The van der Waals surface area contributed by atoms with Crippen molar-refractivity contribution in [2.45, 2.75) is 142 Å². The molecule has 6 aliphatic rings. The summed E-state index contributed by atoms with van der Waals surface area (Å²) in [5.74, 6) is 2.42. The van der Waals surface area contributed by atoms with Crippen molar-refractivity contribution in [3.05, 3.63) is 342 Å². The molecule has 19 nitrogen and oxygen atoms in total. The second-order valence-electron chi connectivity index (χ2n) is 31.3. The number of aryl methyl sites for hydroxylation is 4. The lowest BCUT2D eigenvalue weighted by Crippen LogP contribution is -2.44. The van der Waals surface area contributed by atoms with E-state index >= 15 is 0 Å². The molecule has 0 spiro atoms. The Morgan fingerprint density at radius 1 is 0.454 bits per heavy atom. The summed E-state index contributed by atoms with van der Waals surface area (Å²) < 4.78 is 64.1. The maximum Gasteiger partial charge on any atom is 0.322 e. The number of carbonyl (C=O) groups excluding carboxylic acids is 2. The number of pyridine rings is 3. The van der Waals surface area contributed by atoms with Gasteiger partial charge in [0.05, 0.1) is 99.1 Å².